The molecule has 2 saturated carbocycles. The smallest absolute Gasteiger partial charge is 0.408 e. The first-order chi connectivity index (χ1) is 8.80. The van der Waals surface area contributed by atoms with Crippen LogP contribution in [-0.2, 0) is 14.3 Å². The maximum atomic E-state index is 11.8. The molecule has 4 atom stereocenters. The highest BCUT2D eigenvalue weighted by atomic mass is 16.6. The van der Waals surface area contributed by atoms with Gasteiger partial charge in [0.25, 0.3) is 0 Å². The number of carbonyl (C=O) groups excluding carboxylic acids is 2. The van der Waals surface area contributed by atoms with Gasteiger partial charge in [0.1, 0.15) is 11.6 Å². The van der Waals surface area contributed by atoms with Gasteiger partial charge in [-0.25, -0.2) is 9.59 Å². The van der Waals surface area contributed by atoms with Gasteiger partial charge >= 0.3 is 12.1 Å². The summed E-state index contributed by atoms with van der Waals surface area (Å²) < 4.78 is 10.00. The largest absolute Gasteiger partial charge is 0.467 e. The number of methoxy groups -OCH3 is 1. The van der Waals surface area contributed by atoms with Crippen LogP contribution in [0.3, 0.4) is 0 Å². The second-order valence-electron chi connectivity index (χ2n) is 6.63. The third-order valence-electron chi connectivity index (χ3n) is 3.88. The Labute approximate surface area is 114 Å². The molecule has 0 radical (unpaired) electrons. The molecule has 5 nitrogen and oxygen atoms in total. The third kappa shape index (κ3) is 3.61. The molecule has 1 amide bonds. The van der Waals surface area contributed by atoms with E-state index in [2.05, 4.69) is 5.32 Å². The van der Waals surface area contributed by atoms with Gasteiger partial charge in [0.05, 0.1) is 7.11 Å². The van der Waals surface area contributed by atoms with Crippen LogP contribution in [0.25, 0.3) is 0 Å². The summed E-state index contributed by atoms with van der Waals surface area (Å²) in [4.78, 5) is 23.6. The van der Waals surface area contributed by atoms with Crippen molar-refractivity contribution >= 4 is 12.1 Å². The fourth-order valence-corrected chi connectivity index (χ4v) is 2.96. The van der Waals surface area contributed by atoms with Gasteiger partial charge < -0.3 is 14.8 Å². The Kier molecular flexibility index (Phi) is 3.74. The van der Waals surface area contributed by atoms with Gasteiger partial charge in [-0.1, -0.05) is 0 Å². The quantitative estimate of drug-likeness (QED) is 0.797. The van der Waals surface area contributed by atoms with Gasteiger partial charge in [-0.15, -0.1) is 0 Å². The summed E-state index contributed by atoms with van der Waals surface area (Å²) in [5.74, 6) is 1.30. The van der Waals surface area contributed by atoms with Gasteiger partial charge in [-0.3, -0.25) is 0 Å². The van der Waals surface area contributed by atoms with E-state index in [4.69, 9.17) is 9.47 Å². The van der Waals surface area contributed by atoms with Crippen molar-refractivity contribution < 1.29 is 19.1 Å². The van der Waals surface area contributed by atoms with Crippen LogP contribution in [-0.4, -0.2) is 30.8 Å². The van der Waals surface area contributed by atoms with E-state index in [0.717, 1.165) is 24.7 Å². The zero-order valence-corrected chi connectivity index (χ0v) is 12.1. The molecule has 0 heterocycles. The van der Waals surface area contributed by atoms with Crippen molar-refractivity contribution in [2.45, 2.75) is 51.7 Å². The van der Waals surface area contributed by atoms with Crippen LogP contribution in [0.15, 0.2) is 0 Å². The van der Waals surface area contributed by atoms with Gasteiger partial charge in [-0.05, 0) is 57.8 Å². The number of nitrogens with one attached hydrogen (secondary N) is 1. The molecule has 0 aromatic carbocycles. The lowest BCUT2D eigenvalue weighted by atomic mass is 9.94. The SMILES string of the molecule is COC(=O)[C@@H](NC(=O)OC(C)(C)C)C1C[C@@H]2C[C@@H]2C1. The van der Waals surface area contributed by atoms with Crippen LogP contribution in [0.5, 0.6) is 0 Å². The van der Waals surface area contributed by atoms with Crippen molar-refractivity contribution in [1.29, 1.82) is 0 Å². The molecule has 19 heavy (non-hydrogen) atoms. The predicted molar refractivity (Wildman–Crippen MR) is 69.5 cm³/mol. The van der Waals surface area contributed by atoms with E-state index < -0.39 is 17.7 Å². The highest BCUT2D eigenvalue weighted by Crippen LogP contribution is 2.55. The molecule has 5 heteroatoms. The van der Waals surface area contributed by atoms with E-state index in [1.807, 2.05) is 0 Å². The third-order valence-corrected chi connectivity index (χ3v) is 3.88. The molecule has 2 aliphatic rings. The van der Waals surface area contributed by atoms with Crippen LogP contribution in [0.2, 0.25) is 0 Å². The fraction of sp³-hybridized carbons (Fsp3) is 0.857. The second kappa shape index (κ2) is 5.02. The molecular formula is C14H23NO4. The van der Waals surface area contributed by atoms with Crippen molar-refractivity contribution in [3.05, 3.63) is 0 Å². The van der Waals surface area contributed by atoms with Crippen LogP contribution >= 0.6 is 0 Å². The number of alkyl carbamates (subject to hydrolysis) is 1. The van der Waals surface area contributed by atoms with Gasteiger partial charge in [-0.2, -0.15) is 0 Å². The molecule has 0 aromatic rings. The first-order valence-corrected chi connectivity index (χ1v) is 6.87. The molecule has 0 bridgehead atoms. The van der Waals surface area contributed by atoms with Crippen LogP contribution < -0.4 is 5.32 Å². The van der Waals surface area contributed by atoms with Crippen LogP contribution in [0, 0.1) is 17.8 Å². The van der Waals surface area contributed by atoms with Crippen LogP contribution in [0.4, 0.5) is 4.79 Å². The van der Waals surface area contributed by atoms with Crippen LogP contribution in [0.1, 0.15) is 40.0 Å². The lowest BCUT2D eigenvalue weighted by molar-refractivity contribution is -0.144. The highest BCUT2D eigenvalue weighted by Gasteiger charge is 2.50. The molecule has 2 fully saturated rings. The minimum atomic E-state index is -0.576. The average molecular weight is 269 g/mol. The summed E-state index contributed by atoms with van der Waals surface area (Å²) >= 11 is 0. The number of esters is 1. The molecule has 0 saturated heterocycles. The average Bonchev–Trinajstić information content (AvgIpc) is 2.90. The summed E-state index contributed by atoms with van der Waals surface area (Å²) in [5.41, 5.74) is -0.567. The van der Waals surface area contributed by atoms with E-state index in [-0.39, 0.29) is 11.9 Å². The zero-order valence-electron chi connectivity index (χ0n) is 12.1. The summed E-state index contributed by atoms with van der Waals surface area (Å²) in [7, 11) is 1.35. The molecule has 0 aromatic heterocycles. The van der Waals surface area contributed by atoms with Crippen molar-refractivity contribution in [2.24, 2.45) is 17.8 Å². The Morgan fingerprint density at radius 1 is 1.16 bits per heavy atom. The topological polar surface area (TPSA) is 64.6 Å². The maximum Gasteiger partial charge on any atom is 0.408 e. The minimum absolute atomic E-state index is 0.184. The summed E-state index contributed by atoms with van der Waals surface area (Å²) in [6.07, 6.45) is 2.72. The van der Waals surface area contributed by atoms with Crippen molar-refractivity contribution in [3.8, 4) is 0 Å². The van der Waals surface area contributed by atoms with E-state index in [1.54, 1.807) is 20.8 Å². The molecule has 1 N–H and O–H groups in total. The Bertz CT molecular complexity index is 364. The number of carbonyl (C=O) groups is 2. The Morgan fingerprint density at radius 2 is 1.74 bits per heavy atom. The molecule has 2 aliphatic carbocycles. The van der Waals surface area contributed by atoms with E-state index in [0.29, 0.717) is 0 Å². The Morgan fingerprint density at radius 3 is 2.21 bits per heavy atom. The number of fused-ring (bicyclic) bond motifs is 1. The fourth-order valence-electron chi connectivity index (χ4n) is 2.96. The minimum Gasteiger partial charge on any atom is -0.467 e. The lowest BCUT2D eigenvalue weighted by Crippen LogP contribution is -2.48. The van der Waals surface area contributed by atoms with Gasteiger partial charge in [0.15, 0.2) is 0 Å². The number of rotatable bonds is 3. The summed E-state index contributed by atoms with van der Waals surface area (Å²) in [6.45, 7) is 5.39. The summed E-state index contributed by atoms with van der Waals surface area (Å²) in [6, 6.07) is -0.576. The molecule has 0 aliphatic heterocycles. The van der Waals surface area contributed by atoms with E-state index in [9.17, 15) is 9.59 Å². The second-order valence-corrected chi connectivity index (χ2v) is 6.63. The first kappa shape index (κ1) is 14.2. The van der Waals surface area contributed by atoms with E-state index in [1.165, 1.54) is 13.5 Å². The molecule has 1 unspecified atom stereocenters. The standard InChI is InChI=1S/C14H23NO4/c1-14(2,3)19-13(17)15-11(12(16)18-4)10-6-8-5-9(8)7-10/h8-11H,5-7H2,1-4H3,(H,15,17)/t8-,9+,10?,11-/m0/s1. The molecular weight excluding hydrogens is 246 g/mol. The number of hydrogen-bond donors (Lipinski definition) is 1. The van der Waals surface area contributed by atoms with Crippen molar-refractivity contribution in [2.75, 3.05) is 7.11 Å². The summed E-state index contributed by atoms with van der Waals surface area (Å²) in [5, 5.41) is 2.67. The predicted octanol–water partition coefficient (Wildman–Crippen LogP) is 2.10. The van der Waals surface area contributed by atoms with Gasteiger partial charge in [0.2, 0.25) is 0 Å². The normalized spacial score (nSPS) is 30.2. The lowest BCUT2D eigenvalue weighted by Gasteiger charge is -2.26. The molecule has 0 spiro atoms. The number of hydrogen-bond acceptors (Lipinski definition) is 4. The Hall–Kier alpha value is -1.26. The monoisotopic (exact) mass is 269 g/mol. The number of ether oxygens (including phenoxy) is 2. The van der Waals surface area contributed by atoms with Crippen molar-refractivity contribution in [1.82, 2.24) is 5.32 Å². The highest BCUT2D eigenvalue weighted by molar-refractivity contribution is 5.81. The zero-order chi connectivity index (χ0) is 14.2. The van der Waals surface area contributed by atoms with Gasteiger partial charge in [0, 0.05) is 0 Å². The molecule has 2 rings (SSSR count). The number of amides is 1. The maximum absolute atomic E-state index is 11.8. The Balaban J connectivity index is 1.94. The molecule has 108 valence electrons. The first-order valence-electron chi connectivity index (χ1n) is 6.87. The van der Waals surface area contributed by atoms with Crippen molar-refractivity contribution in [3.63, 3.8) is 0 Å². The van der Waals surface area contributed by atoms with E-state index >= 15 is 0 Å².